The number of nitrogens with one attached hydrogen (secondary N) is 2. The molecule has 31 heavy (non-hydrogen) atoms. The molecule has 0 spiro atoms. The highest BCUT2D eigenvalue weighted by atomic mass is 32.2. The third-order valence-corrected chi connectivity index (χ3v) is 7.25. The van der Waals surface area contributed by atoms with Crippen LogP contribution in [0.4, 0.5) is 5.69 Å². The van der Waals surface area contributed by atoms with Gasteiger partial charge in [-0.15, -0.1) is 11.3 Å². The molecule has 0 fully saturated rings. The Bertz CT molecular complexity index is 1110. The highest BCUT2D eigenvalue weighted by Gasteiger charge is 2.29. The number of hydrogen-bond donors (Lipinski definition) is 2. The molecule has 1 amide bonds. The Hall–Kier alpha value is -2.88. The second-order valence-electron chi connectivity index (χ2n) is 7.04. The number of carbonyl (C=O) groups excluding carboxylic acids is 1. The molecule has 164 valence electrons. The molecule has 0 saturated heterocycles. The lowest BCUT2D eigenvalue weighted by atomic mass is 10.0. The first-order chi connectivity index (χ1) is 14.8. The Labute approximate surface area is 186 Å². The molecule has 7 nitrogen and oxygen atoms in total. The Morgan fingerprint density at radius 1 is 0.968 bits per heavy atom. The van der Waals surface area contributed by atoms with Gasteiger partial charge in [0.1, 0.15) is 16.0 Å². The third-order valence-electron chi connectivity index (χ3n) is 4.41. The van der Waals surface area contributed by atoms with E-state index in [1.165, 1.54) is 6.07 Å². The van der Waals surface area contributed by atoms with Crippen LogP contribution in [-0.4, -0.2) is 27.5 Å². The van der Waals surface area contributed by atoms with Crippen molar-refractivity contribution in [3.8, 4) is 17.2 Å². The summed E-state index contributed by atoms with van der Waals surface area (Å²) in [6, 6.07) is 16.3. The molecule has 3 rings (SSSR count). The normalized spacial score (nSPS) is 12.4. The van der Waals surface area contributed by atoms with Gasteiger partial charge < -0.3 is 14.8 Å². The van der Waals surface area contributed by atoms with Gasteiger partial charge in [0.2, 0.25) is 5.91 Å². The fraction of sp³-hybridized carbons (Fsp3) is 0.227. The summed E-state index contributed by atoms with van der Waals surface area (Å²) in [5.74, 6) is 1.07. The van der Waals surface area contributed by atoms with Crippen molar-refractivity contribution in [3.05, 3.63) is 66.0 Å². The predicted octanol–water partition coefficient (Wildman–Crippen LogP) is 4.49. The molecular weight excluding hydrogens is 436 g/mol. The predicted molar refractivity (Wildman–Crippen MR) is 121 cm³/mol. The first-order valence-electron chi connectivity index (χ1n) is 9.58. The van der Waals surface area contributed by atoms with Crippen molar-refractivity contribution >= 4 is 33.0 Å². The van der Waals surface area contributed by atoms with Crippen LogP contribution >= 0.6 is 11.3 Å². The topological polar surface area (TPSA) is 93.7 Å². The van der Waals surface area contributed by atoms with Gasteiger partial charge in [-0.05, 0) is 53.8 Å². The van der Waals surface area contributed by atoms with Gasteiger partial charge in [-0.3, -0.25) is 4.79 Å². The lowest BCUT2D eigenvalue weighted by molar-refractivity contribution is -0.118. The Kier molecular flexibility index (Phi) is 7.32. The number of carbonyl (C=O) groups is 1. The summed E-state index contributed by atoms with van der Waals surface area (Å²) in [7, 11) is -2.20. The van der Waals surface area contributed by atoms with Crippen LogP contribution in [0.25, 0.3) is 0 Å². The zero-order chi connectivity index (χ0) is 22.4. The van der Waals surface area contributed by atoms with Crippen molar-refractivity contribution in [2.24, 2.45) is 5.92 Å². The maximum absolute atomic E-state index is 12.8. The highest BCUT2D eigenvalue weighted by molar-refractivity contribution is 7.91. The number of anilines is 1. The molecule has 0 saturated carbocycles. The molecule has 2 N–H and O–H groups in total. The van der Waals surface area contributed by atoms with Gasteiger partial charge in [-0.1, -0.05) is 32.0 Å². The molecule has 2 aromatic carbocycles. The summed E-state index contributed by atoms with van der Waals surface area (Å²) in [5, 5.41) is 4.44. The van der Waals surface area contributed by atoms with Crippen molar-refractivity contribution < 1.29 is 22.7 Å². The van der Waals surface area contributed by atoms with E-state index in [-0.39, 0.29) is 10.1 Å². The molecule has 0 bridgehead atoms. The quantitative estimate of drug-likeness (QED) is 0.491. The Morgan fingerprint density at radius 2 is 1.65 bits per heavy atom. The van der Waals surface area contributed by atoms with Crippen molar-refractivity contribution in [2.45, 2.75) is 24.1 Å². The summed E-state index contributed by atoms with van der Waals surface area (Å²) >= 11 is 1.10. The maximum Gasteiger partial charge on any atom is 0.250 e. The van der Waals surface area contributed by atoms with Crippen LogP contribution in [0.3, 0.4) is 0 Å². The second-order valence-corrected chi connectivity index (χ2v) is 9.93. The van der Waals surface area contributed by atoms with E-state index in [1.807, 2.05) is 12.1 Å². The van der Waals surface area contributed by atoms with E-state index >= 15 is 0 Å². The number of benzene rings is 2. The van der Waals surface area contributed by atoms with Crippen LogP contribution in [0.15, 0.2) is 70.3 Å². The molecule has 0 aliphatic heterocycles. The van der Waals surface area contributed by atoms with Crippen LogP contribution in [0.2, 0.25) is 0 Å². The largest absolute Gasteiger partial charge is 0.493 e. The first kappa shape index (κ1) is 22.8. The Balaban J connectivity index is 1.68. The van der Waals surface area contributed by atoms with Crippen LogP contribution in [0.5, 0.6) is 17.2 Å². The van der Waals surface area contributed by atoms with Crippen molar-refractivity contribution in [3.63, 3.8) is 0 Å². The zero-order valence-electron chi connectivity index (χ0n) is 17.4. The maximum atomic E-state index is 12.8. The molecule has 0 radical (unpaired) electrons. The van der Waals surface area contributed by atoms with Gasteiger partial charge in [0.25, 0.3) is 10.0 Å². The Morgan fingerprint density at radius 3 is 2.23 bits per heavy atom. The molecule has 1 heterocycles. The molecule has 9 heteroatoms. The summed E-state index contributed by atoms with van der Waals surface area (Å²) in [4.78, 5) is 12.8. The third kappa shape index (κ3) is 5.84. The first-order valence-corrected chi connectivity index (χ1v) is 11.9. The fourth-order valence-electron chi connectivity index (χ4n) is 2.79. The highest BCUT2D eigenvalue weighted by Crippen LogP contribution is 2.31. The summed E-state index contributed by atoms with van der Waals surface area (Å²) < 4.78 is 38.8. The molecule has 3 aromatic rings. The van der Waals surface area contributed by atoms with Crippen LogP contribution < -0.4 is 19.5 Å². The van der Waals surface area contributed by atoms with Gasteiger partial charge in [-0.2, -0.15) is 4.72 Å². The average Bonchev–Trinajstić information content (AvgIpc) is 3.30. The van der Waals surface area contributed by atoms with E-state index in [4.69, 9.17) is 9.47 Å². The minimum atomic E-state index is -3.77. The summed E-state index contributed by atoms with van der Waals surface area (Å²) in [6.45, 7) is 3.57. The lowest BCUT2D eigenvalue weighted by Gasteiger charge is -2.21. The number of thiophene rings is 1. The SMILES string of the molecule is COc1ccccc1Oc1ccc(NC(=O)[C@H](NS(=O)(=O)c2cccs2)C(C)C)cc1. The number of ether oxygens (including phenoxy) is 2. The van der Waals surface area contributed by atoms with E-state index in [0.29, 0.717) is 22.9 Å². The standard InChI is InChI=1S/C22H24N2O5S2/c1-15(2)21(24-31(26,27)20-9-6-14-30-20)22(25)23-16-10-12-17(13-11-16)29-19-8-5-4-7-18(19)28-3/h4-15,21,24H,1-3H3,(H,23,25)/t21-/m1/s1. The van der Waals surface area contributed by atoms with Crippen molar-refractivity contribution in [1.29, 1.82) is 0 Å². The monoisotopic (exact) mass is 460 g/mol. The number of para-hydroxylation sites is 2. The number of rotatable bonds is 9. The number of sulfonamides is 1. The van der Waals surface area contributed by atoms with E-state index in [1.54, 1.807) is 68.8 Å². The molecule has 0 aliphatic rings. The summed E-state index contributed by atoms with van der Waals surface area (Å²) in [5.41, 5.74) is 0.526. The zero-order valence-corrected chi connectivity index (χ0v) is 19.0. The molecule has 0 unspecified atom stereocenters. The van der Waals surface area contributed by atoms with Crippen LogP contribution in [-0.2, 0) is 14.8 Å². The number of amides is 1. The molecule has 1 atom stereocenters. The lowest BCUT2D eigenvalue weighted by Crippen LogP contribution is -2.46. The van der Waals surface area contributed by atoms with Gasteiger partial charge in [0.05, 0.1) is 7.11 Å². The minimum absolute atomic E-state index is 0.170. The average molecular weight is 461 g/mol. The molecular formula is C22H24N2O5S2. The van der Waals surface area contributed by atoms with Crippen LogP contribution in [0, 0.1) is 5.92 Å². The van der Waals surface area contributed by atoms with Gasteiger partial charge in [-0.25, -0.2) is 8.42 Å². The van der Waals surface area contributed by atoms with E-state index in [2.05, 4.69) is 10.0 Å². The van der Waals surface area contributed by atoms with Crippen LogP contribution in [0.1, 0.15) is 13.8 Å². The van der Waals surface area contributed by atoms with Gasteiger partial charge >= 0.3 is 0 Å². The van der Waals surface area contributed by atoms with E-state index in [9.17, 15) is 13.2 Å². The van der Waals surface area contributed by atoms with Gasteiger partial charge in [0, 0.05) is 5.69 Å². The van der Waals surface area contributed by atoms with Gasteiger partial charge in [0.15, 0.2) is 11.5 Å². The minimum Gasteiger partial charge on any atom is -0.493 e. The number of hydrogen-bond acceptors (Lipinski definition) is 6. The second kappa shape index (κ2) is 9.95. The fourth-order valence-corrected chi connectivity index (χ4v) is 5.14. The van der Waals surface area contributed by atoms with Crippen molar-refractivity contribution in [2.75, 3.05) is 12.4 Å². The molecule has 1 aromatic heterocycles. The summed E-state index contributed by atoms with van der Waals surface area (Å²) in [6.07, 6.45) is 0. The molecule has 0 aliphatic carbocycles. The smallest absolute Gasteiger partial charge is 0.250 e. The number of methoxy groups -OCH3 is 1. The van der Waals surface area contributed by atoms with E-state index in [0.717, 1.165) is 11.3 Å². The van der Waals surface area contributed by atoms with Crippen molar-refractivity contribution in [1.82, 2.24) is 4.72 Å². The van der Waals surface area contributed by atoms with E-state index < -0.39 is 22.0 Å².